The van der Waals surface area contributed by atoms with Crippen molar-refractivity contribution < 1.29 is 18.8 Å². The van der Waals surface area contributed by atoms with Gasteiger partial charge in [0.25, 0.3) is 11.6 Å². The minimum absolute atomic E-state index is 0.260. The summed E-state index contributed by atoms with van der Waals surface area (Å²) in [4.78, 5) is 29.5. The molecule has 4 rings (SSSR count). The zero-order valence-corrected chi connectivity index (χ0v) is 17.5. The highest BCUT2D eigenvalue weighted by molar-refractivity contribution is 6.12. The highest BCUT2D eigenvalue weighted by atomic mass is 16.5. The van der Waals surface area contributed by atoms with Gasteiger partial charge in [-0.2, -0.15) is 10.2 Å². The molecule has 160 valence electrons. The number of carbonyl (C=O) groups excluding carboxylic acids is 2. The maximum absolute atomic E-state index is 13.1. The summed E-state index contributed by atoms with van der Waals surface area (Å²) in [5.74, 6) is -0.785. The number of nitrogens with zero attached hydrogens (tertiary/aromatic N) is 6. The van der Waals surface area contributed by atoms with E-state index in [1.165, 1.54) is 10.9 Å². The number of aryl methyl sites for hydroxylation is 2. The fourth-order valence-corrected chi connectivity index (χ4v) is 3.16. The summed E-state index contributed by atoms with van der Waals surface area (Å²) in [6.45, 7) is 5.43. The Hall–Kier alpha value is -4.02. The van der Waals surface area contributed by atoms with Crippen LogP contribution in [0.2, 0.25) is 0 Å². The van der Waals surface area contributed by atoms with E-state index in [9.17, 15) is 9.59 Å². The maximum atomic E-state index is 13.1. The number of amides is 1. The lowest BCUT2D eigenvalue weighted by Crippen LogP contribution is -2.19. The van der Waals surface area contributed by atoms with Gasteiger partial charge in [0.2, 0.25) is 0 Å². The predicted octanol–water partition coefficient (Wildman–Crippen LogP) is 2.50. The quantitative estimate of drug-likeness (QED) is 0.468. The van der Waals surface area contributed by atoms with Crippen LogP contribution in [0.4, 0.5) is 5.69 Å². The lowest BCUT2D eigenvalue weighted by Gasteiger charge is -2.10. The van der Waals surface area contributed by atoms with Gasteiger partial charge in [0.05, 0.1) is 47.0 Å². The first-order chi connectivity index (χ1) is 14.9. The van der Waals surface area contributed by atoms with Gasteiger partial charge in [-0.05, 0) is 26.8 Å². The van der Waals surface area contributed by atoms with E-state index in [2.05, 4.69) is 25.7 Å². The van der Waals surface area contributed by atoms with Crippen molar-refractivity contribution in [2.75, 3.05) is 11.9 Å². The lowest BCUT2D eigenvalue weighted by atomic mass is 10.1. The van der Waals surface area contributed by atoms with Crippen molar-refractivity contribution in [1.29, 1.82) is 0 Å². The summed E-state index contributed by atoms with van der Waals surface area (Å²) in [5, 5.41) is 15.6. The Morgan fingerprint density at radius 3 is 2.77 bits per heavy atom. The molecule has 0 radical (unpaired) electrons. The number of rotatable bonds is 6. The summed E-state index contributed by atoms with van der Waals surface area (Å²) in [6.07, 6.45) is 6.48. The normalized spacial score (nSPS) is 12.1. The van der Waals surface area contributed by atoms with Gasteiger partial charge in [-0.15, -0.1) is 0 Å². The molecule has 0 saturated heterocycles. The molecular weight excluding hydrogens is 402 g/mol. The summed E-state index contributed by atoms with van der Waals surface area (Å²) in [5.41, 5.74) is 2.88. The number of hydrogen-bond acceptors (Lipinski definition) is 8. The molecule has 0 bridgehead atoms. The Balaban J connectivity index is 1.65. The molecule has 1 N–H and O–H groups in total. The molecule has 4 heterocycles. The Kier molecular flexibility index (Phi) is 5.24. The van der Waals surface area contributed by atoms with Gasteiger partial charge in [0.1, 0.15) is 6.04 Å². The van der Waals surface area contributed by atoms with Crippen LogP contribution >= 0.6 is 0 Å². The molecule has 0 aliphatic carbocycles. The number of nitrogens with one attached hydrogen (secondary N) is 1. The van der Waals surface area contributed by atoms with Gasteiger partial charge < -0.3 is 14.6 Å². The highest BCUT2D eigenvalue weighted by Crippen LogP contribution is 2.27. The van der Waals surface area contributed by atoms with Gasteiger partial charge in [-0.3, -0.25) is 14.2 Å². The number of fused-ring (bicyclic) bond motifs is 1. The molecule has 11 nitrogen and oxygen atoms in total. The maximum Gasteiger partial charge on any atom is 0.330 e. The fraction of sp³-hybridized carbons (Fsp3) is 0.300. The van der Waals surface area contributed by atoms with Crippen molar-refractivity contribution in [3.63, 3.8) is 0 Å². The summed E-state index contributed by atoms with van der Waals surface area (Å²) < 4.78 is 13.4. The average molecular weight is 423 g/mol. The molecule has 0 aliphatic heterocycles. The Morgan fingerprint density at radius 1 is 1.26 bits per heavy atom. The molecule has 0 unspecified atom stereocenters. The molecule has 0 aromatic carbocycles. The molecule has 0 spiro atoms. The Morgan fingerprint density at radius 2 is 2.06 bits per heavy atom. The second-order valence-electron chi connectivity index (χ2n) is 7.00. The van der Waals surface area contributed by atoms with E-state index in [1.54, 1.807) is 57.2 Å². The molecule has 31 heavy (non-hydrogen) atoms. The minimum Gasteiger partial charge on any atom is -0.464 e. The first-order valence-electron chi connectivity index (χ1n) is 9.65. The van der Waals surface area contributed by atoms with Crippen molar-refractivity contribution in [1.82, 2.24) is 29.7 Å². The summed E-state index contributed by atoms with van der Waals surface area (Å²) in [7, 11) is 1.79. The smallest absolute Gasteiger partial charge is 0.330 e. The van der Waals surface area contributed by atoms with Crippen LogP contribution in [-0.4, -0.2) is 48.2 Å². The van der Waals surface area contributed by atoms with Crippen LogP contribution in [0.1, 0.15) is 35.9 Å². The number of carbonyl (C=O) groups is 2. The van der Waals surface area contributed by atoms with Crippen LogP contribution in [-0.2, 0) is 16.6 Å². The van der Waals surface area contributed by atoms with Crippen molar-refractivity contribution in [2.24, 2.45) is 7.05 Å². The SMILES string of the molecule is CCOC(=O)[C@@H](C)n1cc(NC(=O)c2cc(-c3cnn(C)c3)nc3onc(C)c23)cn1. The number of pyridine rings is 1. The Labute approximate surface area is 177 Å². The molecule has 4 aromatic rings. The second-order valence-corrected chi connectivity index (χ2v) is 7.00. The second kappa shape index (κ2) is 8.01. The summed E-state index contributed by atoms with van der Waals surface area (Å²) >= 11 is 0. The van der Waals surface area contributed by atoms with Crippen LogP contribution < -0.4 is 5.32 Å². The first kappa shape index (κ1) is 20.3. The largest absolute Gasteiger partial charge is 0.464 e. The molecule has 11 heteroatoms. The molecule has 0 aliphatic rings. The number of aromatic nitrogens is 6. The number of anilines is 1. The third kappa shape index (κ3) is 3.89. The first-order valence-corrected chi connectivity index (χ1v) is 9.65. The monoisotopic (exact) mass is 423 g/mol. The van der Waals surface area contributed by atoms with Crippen LogP contribution in [0.3, 0.4) is 0 Å². The zero-order chi connectivity index (χ0) is 22.1. The third-order valence-corrected chi connectivity index (χ3v) is 4.75. The van der Waals surface area contributed by atoms with Gasteiger partial charge in [-0.25, -0.2) is 9.78 Å². The van der Waals surface area contributed by atoms with E-state index in [0.717, 1.165) is 5.56 Å². The molecule has 1 amide bonds. The number of ether oxygens (including phenoxy) is 1. The van der Waals surface area contributed by atoms with Gasteiger partial charge in [0, 0.05) is 25.0 Å². The van der Waals surface area contributed by atoms with Crippen molar-refractivity contribution in [2.45, 2.75) is 26.8 Å². The number of hydrogen-bond donors (Lipinski definition) is 1. The van der Waals surface area contributed by atoms with Crippen molar-refractivity contribution >= 4 is 28.7 Å². The highest BCUT2D eigenvalue weighted by Gasteiger charge is 2.21. The van der Waals surface area contributed by atoms with Crippen LogP contribution in [0, 0.1) is 6.92 Å². The van der Waals surface area contributed by atoms with Crippen LogP contribution in [0.5, 0.6) is 0 Å². The van der Waals surface area contributed by atoms with E-state index >= 15 is 0 Å². The van der Waals surface area contributed by atoms with Gasteiger partial charge >= 0.3 is 5.97 Å². The standard InChI is InChI=1S/C20H21N7O4/c1-5-30-20(29)12(3)27-10-14(8-22-27)23-18(28)15-6-16(13-7-21-26(4)9-13)24-19-17(15)11(2)25-31-19/h6-10,12H,5H2,1-4H3,(H,23,28)/t12-/m1/s1. The van der Waals surface area contributed by atoms with E-state index in [1.807, 2.05) is 0 Å². The predicted molar refractivity (Wildman–Crippen MR) is 110 cm³/mol. The lowest BCUT2D eigenvalue weighted by molar-refractivity contribution is -0.146. The van der Waals surface area contributed by atoms with E-state index in [0.29, 0.717) is 28.0 Å². The number of esters is 1. The summed E-state index contributed by atoms with van der Waals surface area (Å²) in [6, 6.07) is 1.06. The van der Waals surface area contributed by atoms with Gasteiger partial charge in [0.15, 0.2) is 0 Å². The van der Waals surface area contributed by atoms with E-state index < -0.39 is 12.0 Å². The topological polar surface area (TPSA) is 130 Å². The zero-order valence-electron chi connectivity index (χ0n) is 17.5. The van der Waals surface area contributed by atoms with Crippen molar-refractivity contribution in [3.8, 4) is 11.3 Å². The van der Waals surface area contributed by atoms with E-state index in [4.69, 9.17) is 9.26 Å². The molecular formula is C20H21N7O4. The van der Waals surface area contributed by atoms with Crippen LogP contribution in [0.25, 0.3) is 22.4 Å². The molecule has 4 aromatic heterocycles. The average Bonchev–Trinajstić information content (AvgIpc) is 3.48. The van der Waals surface area contributed by atoms with E-state index in [-0.39, 0.29) is 18.2 Å². The molecule has 0 saturated carbocycles. The fourth-order valence-electron chi connectivity index (χ4n) is 3.16. The van der Waals surface area contributed by atoms with Crippen molar-refractivity contribution in [3.05, 3.63) is 42.1 Å². The van der Waals surface area contributed by atoms with Gasteiger partial charge in [-0.1, -0.05) is 5.16 Å². The minimum atomic E-state index is -0.615. The third-order valence-electron chi connectivity index (χ3n) is 4.75. The Bertz CT molecular complexity index is 1270. The molecule has 1 atom stereocenters. The molecule has 0 fully saturated rings. The van der Waals surface area contributed by atoms with Crippen LogP contribution in [0.15, 0.2) is 35.4 Å².